The molecule has 1 heterocycles. The smallest absolute Gasteiger partial charge is 0.341 e. The fraction of sp³-hybridized carbons (Fsp3) is 0.333. The third-order valence-corrected chi connectivity index (χ3v) is 1.71. The van der Waals surface area contributed by atoms with E-state index in [1.165, 1.54) is 12.7 Å². The largest absolute Gasteiger partial charge is 0.387 e. The van der Waals surface area contributed by atoms with E-state index in [0.717, 1.165) is 5.57 Å². The van der Waals surface area contributed by atoms with Gasteiger partial charge in [-0.1, -0.05) is 5.57 Å². The van der Waals surface area contributed by atoms with E-state index in [4.69, 9.17) is 4.74 Å². The number of rotatable bonds is 2. The average Bonchev–Trinajstić information content (AvgIpc) is 2.18. The van der Waals surface area contributed by atoms with E-state index < -0.39 is 5.97 Å². The van der Waals surface area contributed by atoms with Crippen LogP contribution in [0.2, 0.25) is 0 Å². The highest BCUT2D eigenvalue weighted by Gasteiger charge is 2.09. The minimum atomic E-state index is -0.434. The molecule has 0 spiro atoms. The Morgan fingerprint density at radius 1 is 1.21 bits per heavy atom. The minimum Gasteiger partial charge on any atom is -0.387 e. The molecule has 0 amide bonds. The number of ether oxygens (including phenoxy) is 1. The van der Waals surface area contributed by atoms with Crippen LogP contribution in [0.1, 0.15) is 20.8 Å². The predicted octanol–water partition coefficient (Wildman–Crippen LogP) is 1.13. The Bertz CT molecular complexity index is 356. The lowest BCUT2D eigenvalue weighted by Gasteiger charge is -2.02. The van der Waals surface area contributed by atoms with Crippen molar-refractivity contribution in [1.82, 2.24) is 15.0 Å². The molecule has 0 aliphatic heterocycles. The van der Waals surface area contributed by atoms with Gasteiger partial charge in [-0.15, -0.1) is 0 Å². The van der Waals surface area contributed by atoms with E-state index in [0.29, 0.717) is 5.57 Å². The maximum absolute atomic E-state index is 11.4. The molecule has 0 radical (unpaired) electrons. The molecule has 0 aromatic carbocycles. The van der Waals surface area contributed by atoms with Gasteiger partial charge in [0.15, 0.2) is 0 Å². The van der Waals surface area contributed by atoms with Crippen molar-refractivity contribution in [2.75, 3.05) is 0 Å². The molecule has 0 bridgehead atoms. The van der Waals surface area contributed by atoms with Gasteiger partial charge in [-0.05, 0) is 20.8 Å². The van der Waals surface area contributed by atoms with Gasteiger partial charge >= 0.3 is 12.0 Å². The molecule has 0 saturated carbocycles. The van der Waals surface area contributed by atoms with Crippen molar-refractivity contribution in [1.29, 1.82) is 0 Å². The highest BCUT2D eigenvalue weighted by molar-refractivity contribution is 5.89. The van der Waals surface area contributed by atoms with E-state index >= 15 is 0 Å². The molecular formula is C9H11N3O2. The van der Waals surface area contributed by atoms with Crippen molar-refractivity contribution in [3.8, 4) is 6.01 Å². The molecule has 0 fully saturated rings. The Labute approximate surface area is 81.9 Å². The molecular weight excluding hydrogens is 182 g/mol. The molecule has 0 N–H and O–H groups in total. The molecule has 14 heavy (non-hydrogen) atoms. The van der Waals surface area contributed by atoms with Crippen LogP contribution in [0.5, 0.6) is 6.01 Å². The van der Waals surface area contributed by atoms with Gasteiger partial charge in [-0.25, -0.2) is 9.78 Å². The van der Waals surface area contributed by atoms with E-state index in [1.807, 2.05) is 13.8 Å². The van der Waals surface area contributed by atoms with Crippen LogP contribution in [0, 0.1) is 0 Å². The standard InChI is InChI=1S/C9H11N3O2/c1-6(2)7(3)8(13)14-9-11-4-10-5-12-9/h4-5H,1-3H3. The zero-order valence-electron chi connectivity index (χ0n) is 8.31. The van der Waals surface area contributed by atoms with Gasteiger partial charge in [0.25, 0.3) is 0 Å². The Balaban J connectivity index is 2.72. The SMILES string of the molecule is CC(C)=C(C)C(=O)Oc1ncncn1. The van der Waals surface area contributed by atoms with Gasteiger partial charge in [0.05, 0.1) is 0 Å². The predicted molar refractivity (Wildman–Crippen MR) is 49.5 cm³/mol. The molecule has 0 aliphatic carbocycles. The molecule has 0 saturated heterocycles. The highest BCUT2D eigenvalue weighted by Crippen LogP contribution is 2.06. The molecule has 1 aromatic heterocycles. The number of allylic oxidation sites excluding steroid dienone is 1. The number of hydrogen-bond acceptors (Lipinski definition) is 5. The fourth-order valence-corrected chi connectivity index (χ4v) is 0.645. The lowest BCUT2D eigenvalue weighted by atomic mass is 10.2. The molecule has 74 valence electrons. The van der Waals surface area contributed by atoms with Crippen molar-refractivity contribution < 1.29 is 9.53 Å². The van der Waals surface area contributed by atoms with Crippen molar-refractivity contribution >= 4 is 5.97 Å². The summed E-state index contributed by atoms with van der Waals surface area (Å²) in [5.41, 5.74) is 1.47. The highest BCUT2D eigenvalue weighted by atomic mass is 16.5. The van der Waals surface area contributed by atoms with Gasteiger partial charge in [0, 0.05) is 5.57 Å². The van der Waals surface area contributed by atoms with E-state index in [2.05, 4.69) is 15.0 Å². The number of carbonyl (C=O) groups excluding carboxylic acids is 1. The summed E-state index contributed by atoms with van der Waals surface area (Å²) in [6, 6.07) is 0.0191. The monoisotopic (exact) mass is 193 g/mol. The summed E-state index contributed by atoms with van der Waals surface area (Å²) in [6.45, 7) is 5.37. The molecule has 5 nitrogen and oxygen atoms in total. The van der Waals surface area contributed by atoms with Crippen LogP contribution in [-0.2, 0) is 4.79 Å². The van der Waals surface area contributed by atoms with Crippen molar-refractivity contribution in [3.05, 3.63) is 23.8 Å². The van der Waals surface area contributed by atoms with E-state index in [-0.39, 0.29) is 6.01 Å². The van der Waals surface area contributed by atoms with Crippen LogP contribution in [0.3, 0.4) is 0 Å². The summed E-state index contributed by atoms with van der Waals surface area (Å²) in [7, 11) is 0. The molecule has 5 heteroatoms. The average molecular weight is 193 g/mol. The van der Waals surface area contributed by atoms with E-state index in [9.17, 15) is 4.79 Å². The number of nitrogens with zero attached hydrogens (tertiary/aromatic N) is 3. The summed E-state index contributed by atoms with van der Waals surface area (Å²) in [6.07, 6.45) is 2.54. The van der Waals surface area contributed by atoms with Crippen molar-refractivity contribution in [2.45, 2.75) is 20.8 Å². The Morgan fingerprint density at radius 3 is 2.29 bits per heavy atom. The number of aromatic nitrogens is 3. The Morgan fingerprint density at radius 2 is 1.79 bits per heavy atom. The zero-order valence-corrected chi connectivity index (χ0v) is 8.31. The maximum atomic E-state index is 11.4. The fourth-order valence-electron chi connectivity index (χ4n) is 0.645. The van der Waals surface area contributed by atoms with Crippen LogP contribution < -0.4 is 4.74 Å². The maximum Gasteiger partial charge on any atom is 0.341 e. The third-order valence-electron chi connectivity index (χ3n) is 1.71. The summed E-state index contributed by atoms with van der Waals surface area (Å²) in [5, 5.41) is 0. The quantitative estimate of drug-likeness (QED) is 0.520. The van der Waals surface area contributed by atoms with Crippen molar-refractivity contribution in [2.24, 2.45) is 0 Å². The van der Waals surface area contributed by atoms with Gasteiger partial charge in [-0.2, -0.15) is 9.97 Å². The molecule has 0 unspecified atom stereocenters. The third kappa shape index (κ3) is 2.62. The van der Waals surface area contributed by atoms with Crippen LogP contribution >= 0.6 is 0 Å². The van der Waals surface area contributed by atoms with Gasteiger partial charge in [0.2, 0.25) is 0 Å². The Hall–Kier alpha value is -1.78. The lowest BCUT2D eigenvalue weighted by molar-refractivity contribution is -0.130. The normalized spacial score (nSPS) is 9.36. The molecule has 0 atom stereocenters. The first kappa shape index (κ1) is 10.3. The number of carbonyl (C=O) groups is 1. The second-order valence-corrected chi connectivity index (χ2v) is 2.94. The molecule has 1 rings (SSSR count). The summed E-state index contributed by atoms with van der Waals surface area (Å²) < 4.78 is 4.88. The molecule has 0 aliphatic rings. The summed E-state index contributed by atoms with van der Waals surface area (Å²) in [4.78, 5) is 22.3. The number of hydrogen-bond donors (Lipinski definition) is 0. The lowest BCUT2D eigenvalue weighted by Crippen LogP contribution is -2.12. The van der Waals surface area contributed by atoms with Gasteiger partial charge in [-0.3, -0.25) is 0 Å². The minimum absolute atomic E-state index is 0.0191. The zero-order chi connectivity index (χ0) is 10.6. The van der Waals surface area contributed by atoms with Gasteiger partial charge < -0.3 is 4.74 Å². The van der Waals surface area contributed by atoms with Crippen molar-refractivity contribution in [3.63, 3.8) is 0 Å². The number of esters is 1. The second kappa shape index (κ2) is 4.45. The van der Waals surface area contributed by atoms with Crippen LogP contribution in [0.15, 0.2) is 23.8 Å². The Kier molecular flexibility index (Phi) is 3.28. The first-order valence-electron chi connectivity index (χ1n) is 4.09. The second-order valence-electron chi connectivity index (χ2n) is 2.94. The van der Waals surface area contributed by atoms with Crippen LogP contribution in [-0.4, -0.2) is 20.9 Å². The first-order valence-corrected chi connectivity index (χ1v) is 4.09. The first-order chi connectivity index (χ1) is 6.61. The summed E-state index contributed by atoms with van der Waals surface area (Å²) >= 11 is 0. The van der Waals surface area contributed by atoms with E-state index in [1.54, 1.807) is 6.92 Å². The van der Waals surface area contributed by atoms with Crippen LogP contribution in [0.25, 0.3) is 0 Å². The molecule has 1 aromatic rings. The van der Waals surface area contributed by atoms with Gasteiger partial charge in [0.1, 0.15) is 12.7 Å². The topological polar surface area (TPSA) is 65.0 Å². The van der Waals surface area contributed by atoms with Crippen LogP contribution in [0.4, 0.5) is 0 Å². The summed E-state index contributed by atoms with van der Waals surface area (Å²) in [5.74, 6) is -0.434.